The third-order valence-corrected chi connectivity index (χ3v) is 8.23. The van der Waals surface area contributed by atoms with Crippen LogP contribution in [-0.4, -0.2) is 68.2 Å². The number of nitrogens with one attached hydrogen (secondary N) is 1. The first-order valence-electron chi connectivity index (χ1n) is 11.2. The van der Waals surface area contributed by atoms with Gasteiger partial charge >= 0.3 is 0 Å². The first-order valence-corrected chi connectivity index (χ1v) is 13.0. The Morgan fingerprint density at radius 3 is 2.50 bits per heavy atom. The molecule has 1 unspecified atom stereocenters. The van der Waals surface area contributed by atoms with Gasteiger partial charge in [0.15, 0.2) is 15.7 Å². The smallest absolute Gasteiger partial charge is 0.270 e. The van der Waals surface area contributed by atoms with Gasteiger partial charge in [-0.15, -0.1) is 0 Å². The fourth-order valence-electron chi connectivity index (χ4n) is 4.12. The van der Waals surface area contributed by atoms with Crippen molar-refractivity contribution in [3.63, 3.8) is 0 Å². The fourth-order valence-corrected chi connectivity index (χ4v) is 6.12. The van der Waals surface area contributed by atoms with Crippen molar-refractivity contribution in [2.24, 2.45) is 0 Å². The molecule has 0 aliphatic carbocycles. The number of halogens is 2. The summed E-state index contributed by atoms with van der Waals surface area (Å²) in [6.07, 6.45) is 0.563. The summed E-state index contributed by atoms with van der Waals surface area (Å²) >= 11 is 0. The minimum Gasteiger partial charge on any atom is -0.444 e. The average molecular weight is 524 g/mol. The van der Waals surface area contributed by atoms with E-state index in [0.29, 0.717) is 10.9 Å². The second-order valence-corrected chi connectivity index (χ2v) is 12.0. The van der Waals surface area contributed by atoms with Crippen molar-refractivity contribution in [3.05, 3.63) is 36.0 Å². The minimum atomic E-state index is -3.18. The Morgan fingerprint density at radius 2 is 1.92 bits per heavy atom. The Morgan fingerprint density at radius 1 is 1.25 bits per heavy atom. The molecular weight excluding hydrogens is 496 g/mol. The molecule has 4 rings (SSSR count). The summed E-state index contributed by atoms with van der Waals surface area (Å²) in [5.41, 5.74) is -1.67. The van der Waals surface area contributed by atoms with Gasteiger partial charge in [0, 0.05) is 30.1 Å². The second-order valence-electron chi connectivity index (χ2n) is 9.92. The number of fused-ring (bicyclic) bond motifs is 1. The maximum atomic E-state index is 14.8. The van der Waals surface area contributed by atoms with E-state index in [-0.39, 0.29) is 34.3 Å². The lowest BCUT2D eigenvalue weighted by Crippen LogP contribution is -2.63. The summed E-state index contributed by atoms with van der Waals surface area (Å²) in [6, 6.07) is 2.04. The molecule has 1 saturated heterocycles. The number of hydrogen-bond acceptors (Lipinski definition) is 8. The number of ether oxygens (including phenoxy) is 1. The number of carbonyl (C=O) groups excluding carboxylic acids is 1. The fraction of sp³-hybridized carbons (Fsp3) is 0.478. The van der Waals surface area contributed by atoms with Crippen LogP contribution in [-0.2, 0) is 9.84 Å². The Labute approximate surface area is 206 Å². The highest BCUT2D eigenvalue weighted by Crippen LogP contribution is 2.35. The highest BCUT2D eigenvalue weighted by atomic mass is 32.2. The van der Waals surface area contributed by atoms with Gasteiger partial charge in [0.2, 0.25) is 12.2 Å². The molecule has 4 heterocycles. The SMILES string of the molecule is CC(F)Oc1cc(-c2nn([C@H](C)C(C)(C)O)c3cc(C(=O)NC4(C)CS(=O)(=O)C4)ncc23)c(F)cn1. The normalized spacial score (nSPS) is 18.3. The van der Waals surface area contributed by atoms with Crippen LogP contribution in [0.3, 0.4) is 0 Å². The molecule has 2 atom stereocenters. The van der Waals surface area contributed by atoms with Crippen LogP contribution < -0.4 is 10.1 Å². The van der Waals surface area contributed by atoms with E-state index in [2.05, 4.69) is 20.4 Å². The monoisotopic (exact) mass is 523 g/mol. The van der Waals surface area contributed by atoms with Gasteiger partial charge in [0.1, 0.15) is 11.4 Å². The first-order chi connectivity index (χ1) is 16.6. The Balaban J connectivity index is 1.82. The van der Waals surface area contributed by atoms with Crippen molar-refractivity contribution in [2.75, 3.05) is 11.5 Å². The van der Waals surface area contributed by atoms with Crippen LogP contribution >= 0.6 is 0 Å². The number of nitrogens with zero attached hydrogens (tertiary/aromatic N) is 4. The molecule has 0 aromatic carbocycles. The Kier molecular flexibility index (Phi) is 6.28. The molecule has 0 saturated carbocycles. The Bertz CT molecular complexity index is 1440. The van der Waals surface area contributed by atoms with Crippen molar-refractivity contribution in [1.29, 1.82) is 0 Å². The maximum Gasteiger partial charge on any atom is 0.270 e. The van der Waals surface area contributed by atoms with Gasteiger partial charge in [0.05, 0.1) is 40.4 Å². The number of hydrogen-bond donors (Lipinski definition) is 2. The molecule has 0 bridgehead atoms. The molecule has 0 radical (unpaired) electrons. The van der Waals surface area contributed by atoms with Gasteiger partial charge in [-0.05, 0) is 33.8 Å². The largest absolute Gasteiger partial charge is 0.444 e. The third-order valence-electron chi connectivity index (χ3n) is 6.07. The van der Waals surface area contributed by atoms with Gasteiger partial charge in [-0.1, -0.05) is 0 Å². The van der Waals surface area contributed by atoms with E-state index in [1.165, 1.54) is 23.0 Å². The molecule has 36 heavy (non-hydrogen) atoms. The van der Waals surface area contributed by atoms with Gasteiger partial charge in [-0.3, -0.25) is 14.5 Å². The zero-order valence-electron chi connectivity index (χ0n) is 20.4. The molecule has 2 N–H and O–H groups in total. The number of alkyl halides is 1. The molecule has 10 nitrogen and oxygen atoms in total. The summed E-state index contributed by atoms with van der Waals surface area (Å²) in [6.45, 7) is 7.67. The molecule has 3 aromatic heterocycles. The van der Waals surface area contributed by atoms with Crippen LogP contribution in [0.2, 0.25) is 0 Å². The molecule has 13 heteroatoms. The zero-order valence-corrected chi connectivity index (χ0v) is 21.2. The van der Waals surface area contributed by atoms with Crippen molar-refractivity contribution < 1.29 is 31.8 Å². The summed E-state index contributed by atoms with van der Waals surface area (Å²) in [5.74, 6) is -1.81. The molecule has 0 spiro atoms. The number of pyridine rings is 2. The molecule has 1 amide bonds. The van der Waals surface area contributed by atoms with Crippen molar-refractivity contribution in [1.82, 2.24) is 25.1 Å². The van der Waals surface area contributed by atoms with E-state index >= 15 is 0 Å². The molecule has 3 aromatic rings. The lowest BCUT2D eigenvalue weighted by Gasteiger charge is -2.38. The van der Waals surface area contributed by atoms with Gasteiger partial charge in [0.25, 0.3) is 5.91 Å². The van der Waals surface area contributed by atoms with Gasteiger partial charge in [-0.25, -0.2) is 22.2 Å². The van der Waals surface area contributed by atoms with Crippen LogP contribution in [0.1, 0.15) is 51.1 Å². The maximum absolute atomic E-state index is 14.8. The summed E-state index contributed by atoms with van der Waals surface area (Å²) < 4.78 is 57.7. The standard InChI is InChI=1S/C23H27F2N5O5S/c1-12(22(3,4)32)30-18-7-17(21(31)28-23(5)10-36(33,34)11-23)26-8-15(18)20(29-30)14-6-19(35-13(2)24)27-9-16(14)25/h6-9,12-13,32H,10-11H2,1-5H3,(H,28,31)/t12-,13?/m1/s1. The predicted octanol–water partition coefficient (Wildman–Crippen LogP) is 2.58. The lowest BCUT2D eigenvalue weighted by atomic mass is 10.0. The van der Waals surface area contributed by atoms with Gasteiger partial charge < -0.3 is 15.2 Å². The highest BCUT2D eigenvalue weighted by molar-refractivity contribution is 7.93. The third kappa shape index (κ3) is 5.03. The molecule has 1 fully saturated rings. The van der Waals surface area contributed by atoms with Crippen LogP contribution in [0.15, 0.2) is 24.5 Å². The predicted molar refractivity (Wildman–Crippen MR) is 127 cm³/mol. The second kappa shape index (κ2) is 8.73. The number of carbonyl (C=O) groups is 1. The van der Waals surface area contributed by atoms with E-state index < -0.39 is 45.1 Å². The van der Waals surface area contributed by atoms with Crippen LogP contribution in [0, 0.1) is 5.82 Å². The van der Waals surface area contributed by atoms with E-state index in [1.807, 2.05) is 0 Å². The summed E-state index contributed by atoms with van der Waals surface area (Å²) in [7, 11) is -3.18. The highest BCUT2D eigenvalue weighted by Gasteiger charge is 2.46. The first kappa shape index (κ1) is 25.9. The zero-order chi connectivity index (χ0) is 26.6. The number of rotatable bonds is 7. The molecule has 194 valence electrons. The number of amides is 1. The lowest BCUT2D eigenvalue weighted by molar-refractivity contribution is 0.0276. The van der Waals surface area contributed by atoms with Gasteiger partial charge in [-0.2, -0.15) is 5.10 Å². The molecular formula is C23H27F2N5O5S. The number of aliphatic hydroxyl groups is 1. The summed E-state index contributed by atoms with van der Waals surface area (Å²) in [5, 5.41) is 18.2. The van der Waals surface area contributed by atoms with E-state index in [0.717, 1.165) is 13.1 Å². The van der Waals surface area contributed by atoms with E-state index in [9.17, 15) is 27.1 Å². The Hall–Kier alpha value is -3.19. The van der Waals surface area contributed by atoms with Crippen LogP contribution in [0.25, 0.3) is 22.2 Å². The minimum absolute atomic E-state index is 0.00542. The quantitative estimate of drug-likeness (QED) is 0.482. The number of sulfone groups is 1. The van der Waals surface area contributed by atoms with E-state index in [1.54, 1.807) is 27.7 Å². The van der Waals surface area contributed by atoms with E-state index in [4.69, 9.17) is 4.74 Å². The van der Waals surface area contributed by atoms with Crippen LogP contribution in [0.5, 0.6) is 5.88 Å². The number of aromatic nitrogens is 4. The van der Waals surface area contributed by atoms with Crippen molar-refractivity contribution in [3.8, 4) is 17.1 Å². The van der Waals surface area contributed by atoms with Crippen molar-refractivity contribution in [2.45, 2.75) is 58.2 Å². The summed E-state index contributed by atoms with van der Waals surface area (Å²) in [4.78, 5) is 20.8. The topological polar surface area (TPSA) is 136 Å². The average Bonchev–Trinajstić information content (AvgIpc) is 3.10. The molecule has 1 aliphatic heterocycles. The molecule has 1 aliphatic rings. The van der Waals surface area contributed by atoms with Crippen molar-refractivity contribution >= 4 is 26.6 Å². The van der Waals surface area contributed by atoms with Crippen LogP contribution in [0.4, 0.5) is 8.78 Å².